The van der Waals surface area contributed by atoms with Gasteiger partial charge in [0.1, 0.15) is 6.61 Å². The van der Waals surface area contributed by atoms with Crippen LogP contribution in [0.5, 0.6) is 0 Å². The summed E-state index contributed by atoms with van der Waals surface area (Å²) in [6, 6.07) is 4.15. The topological polar surface area (TPSA) is 114 Å². The van der Waals surface area contributed by atoms with Gasteiger partial charge in [0.25, 0.3) is 5.91 Å². The lowest BCUT2D eigenvalue weighted by molar-refractivity contribution is -0.578. The zero-order valence-corrected chi connectivity index (χ0v) is 27.3. The zero-order valence-electron chi connectivity index (χ0n) is 27.3. The first-order valence-corrected chi connectivity index (χ1v) is 15.2. The van der Waals surface area contributed by atoms with E-state index in [1.165, 1.54) is 0 Å². The summed E-state index contributed by atoms with van der Waals surface area (Å²) in [5.74, 6) is -6.07. The van der Waals surface area contributed by atoms with Gasteiger partial charge in [-0.25, -0.2) is 0 Å². The molecule has 2 rings (SSSR count). The van der Waals surface area contributed by atoms with Crippen LogP contribution in [0.25, 0.3) is 0 Å². The van der Waals surface area contributed by atoms with Gasteiger partial charge in [0.2, 0.25) is 0 Å². The Morgan fingerprint density at radius 1 is 0.902 bits per heavy atom. The maximum atomic E-state index is 12.4. The van der Waals surface area contributed by atoms with Crippen molar-refractivity contribution in [2.24, 2.45) is 5.92 Å². The van der Waals surface area contributed by atoms with Gasteiger partial charge in [-0.15, -0.1) is 0 Å². The number of fused-ring (bicyclic) bond motifs is 1. The normalized spacial score (nSPS) is 20.1. The average Bonchev–Trinajstić information content (AvgIpc) is 2.88. The lowest BCUT2D eigenvalue weighted by atomic mass is 9.76. The van der Waals surface area contributed by atoms with Gasteiger partial charge in [-0.2, -0.15) is 0 Å². The molecule has 0 amide bonds. The highest BCUT2D eigenvalue weighted by molar-refractivity contribution is 5.68. The molecule has 0 radical (unpaired) electrons. The third kappa shape index (κ3) is 7.18. The van der Waals surface area contributed by atoms with Crippen molar-refractivity contribution in [2.45, 2.75) is 112 Å². The Hall–Kier alpha value is -1.50. The smallest absolute Gasteiger partial charge is 0.371 e. The molecule has 0 spiro atoms. The van der Waals surface area contributed by atoms with Crippen molar-refractivity contribution < 1.29 is 38.3 Å². The molecule has 0 bridgehead atoms. The van der Waals surface area contributed by atoms with E-state index in [1.54, 1.807) is 27.7 Å². The van der Waals surface area contributed by atoms with Crippen LogP contribution < -0.4 is 10.6 Å². The Morgan fingerprint density at radius 2 is 1.44 bits per heavy atom. The van der Waals surface area contributed by atoms with Crippen LogP contribution in [0.3, 0.4) is 0 Å². The predicted molar refractivity (Wildman–Crippen MR) is 160 cm³/mol. The minimum absolute atomic E-state index is 0.0622. The molecular weight excluding hydrogens is 528 g/mol. The number of ether oxygens (including phenoxy) is 7. The molecule has 3 atom stereocenters. The van der Waals surface area contributed by atoms with E-state index >= 15 is 0 Å². The van der Waals surface area contributed by atoms with E-state index in [1.807, 2.05) is 19.9 Å². The van der Waals surface area contributed by atoms with Crippen molar-refractivity contribution in [3.8, 4) is 0 Å². The van der Waals surface area contributed by atoms with E-state index in [-0.39, 0.29) is 51.5 Å². The van der Waals surface area contributed by atoms with Gasteiger partial charge in [0, 0.05) is 56.6 Å². The number of nitrogens with zero attached hydrogens (tertiary/aromatic N) is 1. The van der Waals surface area contributed by atoms with Gasteiger partial charge in [-0.3, -0.25) is 4.74 Å². The quantitative estimate of drug-likeness (QED) is 0.173. The summed E-state index contributed by atoms with van der Waals surface area (Å²) in [7, 11) is 0. The Kier molecular flexibility index (Phi) is 12.9. The number of anilines is 2. The van der Waals surface area contributed by atoms with Crippen molar-refractivity contribution in [3.63, 3.8) is 0 Å². The molecule has 0 fully saturated rings. The molecule has 1 heterocycles. The van der Waals surface area contributed by atoms with Gasteiger partial charge in [0.05, 0.1) is 0 Å². The number of hydrogen-bond acceptors (Lipinski definition) is 10. The first kappa shape index (κ1) is 35.7. The summed E-state index contributed by atoms with van der Waals surface area (Å²) in [5, 5.41) is 12.4. The molecule has 1 aromatic rings. The molecule has 1 aliphatic rings. The van der Waals surface area contributed by atoms with Gasteiger partial charge < -0.3 is 44.2 Å². The van der Waals surface area contributed by atoms with Crippen molar-refractivity contribution in [1.82, 2.24) is 0 Å². The molecule has 1 aromatic carbocycles. The molecular formula is C31H56N2O8. The van der Waals surface area contributed by atoms with Crippen LogP contribution in [-0.4, -0.2) is 74.8 Å². The summed E-state index contributed by atoms with van der Waals surface area (Å²) >= 11 is 0. The number of nitrogen functional groups attached to an aromatic ring is 1. The SMILES string of the molecule is CCOCC(OCC)(OC(O)(OCC)C(OCC)(OCC)OCC)N1c2cc(C(C)C)c(N)cc2CC(C)C1(C)C. The summed E-state index contributed by atoms with van der Waals surface area (Å²) in [4.78, 5) is 2.06. The van der Waals surface area contributed by atoms with E-state index < -0.39 is 23.4 Å². The lowest BCUT2D eigenvalue weighted by Gasteiger charge is -2.58. The standard InChI is InChI=1S/C31H56N2O8/c1-12-35-21-29(36-13-2,41-30(34,37-14-3)31(38-15-4,39-16-5)40-17-6)33-27-20-25(22(7)8)26(32)19-24(27)18-23(9)28(33,10)11/h19-20,22-23,34H,12-18,21,32H2,1-11H3. The molecule has 1 aliphatic heterocycles. The first-order valence-electron chi connectivity index (χ1n) is 15.2. The molecule has 3 N–H and O–H groups in total. The van der Waals surface area contributed by atoms with Crippen molar-refractivity contribution in [2.75, 3.05) is 56.9 Å². The van der Waals surface area contributed by atoms with Crippen LogP contribution in [0.1, 0.15) is 93.2 Å². The van der Waals surface area contributed by atoms with Gasteiger partial charge in [-0.1, -0.05) is 20.8 Å². The van der Waals surface area contributed by atoms with E-state index in [2.05, 4.69) is 45.6 Å². The van der Waals surface area contributed by atoms with Crippen molar-refractivity contribution in [3.05, 3.63) is 23.3 Å². The van der Waals surface area contributed by atoms with Gasteiger partial charge in [-0.05, 0) is 96.9 Å². The molecule has 238 valence electrons. The summed E-state index contributed by atoms with van der Waals surface area (Å²) < 4.78 is 43.3. The highest BCUT2D eigenvalue weighted by Crippen LogP contribution is 2.49. The van der Waals surface area contributed by atoms with Crippen LogP contribution in [0, 0.1) is 5.92 Å². The van der Waals surface area contributed by atoms with Crippen molar-refractivity contribution in [1.29, 1.82) is 0 Å². The second-order valence-corrected chi connectivity index (χ2v) is 11.1. The number of benzene rings is 1. The van der Waals surface area contributed by atoms with Crippen LogP contribution >= 0.6 is 0 Å². The molecule has 0 aromatic heterocycles. The minimum Gasteiger partial charge on any atom is -0.398 e. The summed E-state index contributed by atoms with van der Waals surface area (Å²) in [6.45, 7) is 22.6. The number of nitrogens with two attached hydrogens (primary N) is 1. The Labute approximate surface area is 247 Å². The molecule has 3 unspecified atom stereocenters. The zero-order chi connectivity index (χ0) is 31.1. The van der Waals surface area contributed by atoms with E-state index in [4.69, 9.17) is 38.9 Å². The molecule has 10 nitrogen and oxygen atoms in total. The fourth-order valence-corrected chi connectivity index (χ4v) is 5.57. The van der Waals surface area contributed by atoms with Crippen LogP contribution in [-0.2, 0) is 39.6 Å². The number of hydrogen-bond donors (Lipinski definition) is 2. The number of rotatable bonds is 18. The average molecular weight is 585 g/mol. The maximum Gasteiger partial charge on any atom is 0.371 e. The van der Waals surface area contributed by atoms with Crippen LogP contribution in [0.4, 0.5) is 11.4 Å². The third-order valence-corrected chi connectivity index (χ3v) is 7.68. The van der Waals surface area contributed by atoms with Crippen LogP contribution in [0.15, 0.2) is 12.1 Å². The molecule has 0 saturated carbocycles. The Bertz CT molecular complexity index is 941. The second-order valence-electron chi connectivity index (χ2n) is 11.1. The second kappa shape index (κ2) is 14.8. The van der Waals surface area contributed by atoms with E-state index in [9.17, 15) is 5.11 Å². The fourth-order valence-electron chi connectivity index (χ4n) is 5.57. The van der Waals surface area contributed by atoms with Crippen molar-refractivity contribution >= 4 is 11.4 Å². The van der Waals surface area contributed by atoms with E-state index in [0.717, 1.165) is 28.9 Å². The van der Waals surface area contributed by atoms with Crippen LogP contribution in [0.2, 0.25) is 0 Å². The maximum absolute atomic E-state index is 12.4. The first-order chi connectivity index (χ1) is 19.3. The number of aliphatic hydroxyl groups is 1. The summed E-state index contributed by atoms with van der Waals surface area (Å²) in [5.41, 5.74) is 9.68. The highest BCUT2D eigenvalue weighted by Gasteiger charge is 2.65. The summed E-state index contributed by atoms with van der Waals surface area (Å²) in [6.07, 6.45) is 0.800. The van der Waals surface area contributed by atoms with Gasteiger partial charge in [0.15, 0.2) is 0 Å². The highest BCUT2D eigenvalue weighted by atomic mass is 17.0. The molecule has 0 saturated heterocycles. The molecule has 0 aliphatic carbocycles. The fraction of sp³-hybridized carbons (Fsp3) is 0.806. The lowest BCUT2D eigenvalue weighted by Crippen LogP contribution is -2.73. The monoisotopic (exact) mass is 584 g/mol. The third-order valence-electron chi connectivity index (χ3n) is 7.68. The van der Waals surface area contributed by atoms with Gasteiger partial charge >= 0.3 is 11.9 Å². The molecule has 10 heteroatoms. The Balaban J connectivity index is 2.97. The predicted octanol–water partition coefficient (Wildman–Crippen LogP) is 5.36. The Morgan fingerprint density at radius 3 is 1.90 bits per heavy atom. The largest absolute Gasteiger partial charge is 0.398 e. The van der Waals surface area contributed by atoms with E-state index in [0.29, 0.717) is 6.61 Å². The molecule has 41 heavy (non-hydrogen) atoms. The minimum atomic E-state index is -2.57.